The van der Waals surface area contributed by atoms with Gasteiger partial charge in [-0.3, -0.25) is 9.59 Å². The maximum absolute atomic E-state index is 12.1. The maximum atomic E-state index is 12.1. The number of hydrogen-bond acceptors (Lipinski definition) is 2. The molecule has 0 aromatic rings. The zero-order valence-corrected chi connectivity index (χ0v) is 20.4. The minimum Gasteiger partial charge on any atom is -0.370 e. The molecule has 178 valence electrons. The first-order valence-electron chi connectivity index (χ1n) is 13.7. The highest BCUT2D eigenvalue weighted by Gasteiger charge is 2.51. The Balaban J connectivity index is 1.31. The van der Waals surface area contributed by atoms with Crippen LogP contribution >= 0.6 is 0 Å². The van der Waals surface area contributed by atoms with E-state index >= 15 is 0 Å². The second-order valence-corrected chi connectivity index (χ2v) is 11.6. The highest BCUT2D eigenvalue weighted by Crippen LogP contribution is 2.62. The second-order valence-electron chi connectivity index (χ2n) is 11.6. The van der Waals surface area contributed by atoms with E-state index in [1.807, 2.05) is 11.6 Å². The Morgan fingerprint density at radius 1 is 1.00 bits per heavy atom. The van der Waals surface area contributed by atoms with Crippen molar-refractivity contribution in [1.82, 2.24) is 0 Å². The quantitative estimate of drug-likeness (QED) is 0.346. The number of allylic oxidation sites excluding steroid dienone is 4. The molecule has 0 spiro atoms. The monoisotopic (exact) mass is 439 g/mol. The van der Waals surface area contributed by atoms with E-state index < -0.39 is 0 Å². The van der Waals surface area contributed by atoms with Crippen molar-refractivity contribution in [3.8, 4) is 0 Å². The summed E-state index contributed by atoms with van der Waals surface area (Å²) in [6.45, 7) is 2.60. The lowest BCUT2D eigenvalue weighted by Crippen LogP contribution is -2.41. The predicted molar refractivity (Wildman–Crippen MR) is 131 cm³/mol. The van der Waals surface area contributed by atoms with Gasteiger partial charge in [-0.15, -0.1) is 0 Å². The molecule has 0 aromatic carbocycles. The summed E-state index contributed by atoms with van der Waals surface area (Å²) in [4.78, 5) is 22.9. The number of hydrogen-bond donors (Lipinski definition) is 1. The number of rotatable bonds is 11. The van der Waals surface area contributed by atoms with Crippen molar-refractivity contribution in [2.75, 3.05) is 0 Å². The standard InChI is InChI=1S/C29H45NO2/c1-29-18-10-12-26(29)25-16-14-21-19-23(31)15-17-24(21)28(25)22(20-29)11-8-6-4-2-3-5-7-9-13-27(30)32/h19,22,25-26H,2-18,20H2,1H3,(H2,30,32)/t22-,25-,26-,29-/m0/s1. The fourth-order valence-corrected chi connectivity index (χ4v) is 7.85. The molecule has 2 fully saturated rings. The van der Waals surface area contributed by atoms with Crippen LogP contribution in [-0.4, -0.2) is 11.7 Å². The molecule has 0 aliphatic heterocycles. The summed E-state index contributed by atoms with van der Waals surface area (Å²) < 4.78 is 0. The Hall–Kier alpha value is -1.38. The van der Waals surface area contributed by atoms with E-state index in [0.29, 0.717) is 17.6 Å². The third-order valence-corrected chi connectivity index (χ3v) is 9.34. The fraction of sp³-hybridized carbons (Fsp3) is 0.793. The molecule has 0 radical (unpaired) electrons. The summed E-state index contributed by atoms with van der Waals surface area (Å²) >= 11 is 0. The van der Waals surface area contributed by atoms with E-state index in [4.69, 9.17) is 5.73 Å². The number of ketones is 1. The van der Waals surface area contributed by atoms with Crippen LogP contribution in [0.1, 0.15) is 122 Å². The number of fused-ring (bicyclic) bond motifs is 4. The maximum Gasteiger partial charge on any atom is 0.217 e. The highest BCUT2D eigenvalue weighted by atomic mass is 16.1. The molecular formula is C29H45NO2. The Kier molecular flexibility index (Phi) is 7.95. The van der Waals surface area contributed by atoms with Gasteiger partial charge in [-0.1, -0.05) is 63.9 Å². The first-order chi connectivity index (χ1) is 15.5. The van der Waals surface area contributed by atoms with Crippen LogP contribution in [-0.2, 0) is 9.59 Å². The van der Waals surface area contributed by atoms with E-state index in [2.05, 4.69) is 6.92 Å². The Bertz CT molecular complexity index is 763. The van der Waals surface area contributed by atoms with Crippen molar-refractivity contribution in [2.24, 2.45) is 28.9 Å². The van der Waals surface area contributed by atoms with Crippen molar-refractivity contribution >= 4 is 11.7 Å². The molecule has 32 heavy (non-hydrogen) atoms. The van der Waals surface area contributed by atoms with Crippen molar-refractivity contribution in [3.63, 3.8) is 0 Å². The summed E-state index contributed by atoms with van der Waals surface area (Å²) in [7, 11) is 0. The van der Waals surface area contributed by atoms with Gasteiger partial charge in [0.1, 0.15) is 0 Å². The third kappa shape index (κ3) is 5.39. The normalized spacial score (nSPS) is 31.7. The van der Waals surface area contributed by atoms with Gasteiger partial charge in [0.15, 0.2) is 5.78 Å². The Morgan fingerprint density at radius 2 is 1.72 bits per heavy atom. The van der Waals surface area contributed by atoms with E-state index in [1.165, 1.54) is 82.6 Å². The number of carbonyl (C=O) groups excluding carboxylic acids is 2. The number of primary amides is 1. The van der Waals surface area contributed by atoms with E-state index in [-0.39, 0.29) is 5.91 Å². The molecule has 0 heterocycles. The number of amides is 1. The molecule has 4 aliphatic rings. The minimum atomic E-state index is -0.163. The van der Waals surface area contributed by atoms with E-state index in [1.54, 1.807) is 5.57 Å². The van der Waals surface area contributed by atoms with Crippen molar-refractivity contribution in [1.29, 1.82) is 0 Å². The molecule has 2 saturated carbocycles. The van der Waals surface area contributed by atoms with Gasteiger partial charge in [0, 0.05) is 12.8 Å². The van der Waals surface area contributed by atoms with Gasteiger partial charge in [-0.2, -0.15) is 0 Å². The van der Waals surface area contributed by atoms with Gasteiger partial charge in [-0.25, -0.2) is 0 Å². The van der Waals surface area contributed by atoms with E-state index in [9.17, 15) is 9.59 Å². The summed E-state index contributed by atoms with van der Waals surface area (Å²) in [5.74, 6) is 2.66. The number of unbranched alkanes of at least 4 members (excludes halogenated alkanes) is 7. The molecule has 1 amide bonds. The summed E-state index contributed by atoms with van der Waals surface area (Å²) in [5, 5.41) is 0. The van der Waals surface area contributed by atoms with Gasteiger partial charge in [-0.05, 0) is 91.8 Å². The van der Waals surface area contributed by atoms with E-state index in [0.717, 1.165) is 49.9 Å². The fourth-order valence-electron chi connectivity index (χ4n) is 7.85. The van der Waals surface area contributed by atoms with Gasteiger partial charge >= 0.3 is 0 Å². The van der Waals surface area contributed by atoms with Crippen molar-refractivity contribution in [2.45, 2.75) is 122 Å². The van der Waals surface area contributed by atoms with Crippen LogP contribution in [0.25, 0.3) is 0 Å². The molecule has 4 rings (SSSR count). The minimum absolute atomic E-state index is 0.163. The van der Waals surface area contributed by atoms with Crippen molar-refractivity contribution < 1.29 is 9.59 Å². The van der Waals surface area contributed by atoms with Gasteiger partial charge < -0.3 is 5.73 Å². The van der Waals surface area contributed by atoms with Crippen LogP contribution in [0.15, 0.2) is 22.8 Å². The van der Waals surface area contributed by atoms with Crippen LogP contribution < -0.4 is 5.73 Å². The summed E-state index contributed by atoms with van der Waals surface area (Å²) in [6, 6.07) is 0. The SMILES string of the molecule is C[C@@]12CCC[C@H]1[C@@H]1CCC3=CC(=O)CCC3=C1[C@@H](CCCCCCCCCCC(N)=O)C2. The lowest BCUT2D eigenvalue weighted by molar-refractivity contribution is -0.118. The molecular weight excluding hydrogens is 394 g/mol. The molecule has 3 heteroatoms. The Labute approximate surface area is 195 Å². The topological polar surface area (TPSA) is 60.2 Å². The van der Waals surface area contributed by atoms with Crippen LogP contribution in [0.5, 0.6) is 0 Å². The average molecular weight is 440 g/mol. The zero-order valence-electron chi connectivity index (χ0n) is 20.4. The predicted octanol–water partition coefficient (Wildman–Crippen LogP) is 7.19. The smallest absolute Gasteiger partial charge is 0.217 e. The van der Waals surface area contributed by atoms with Gasteiger partial charge in [0.25, 0.3) is 0 Å². The lowest BCUT2D eigenvalue weighted by Gasteiger charge is -2.51. The molecule has 3 nitrogen and oxygen atoms in total. The second kappa shape index (κ2) is 10.7. The first kappa shape index (κ1) is 23.8. The van der Waals surface area contributed by atoms with Crippen LogP contribution in [0, 0.1) is 23.2 Å². The summed E-state index contributed by atoms with van der Waals surface area (Å²) in [5.41, 5.74) is 10.6. The largest absolute Gasteiger partial charge is 0.370 e. The molecule has 4 atom stereocenters. The first-order valence-corrected chi connectivity index (χ1v) is 13.7. The molecule has 0 aromatic heterocycles. The number of nitrogens with two attached hydrogens (primary N) is 1. The van der Waals surface area contributed by atoms with Gasteiger partial charge in [0.05, 0.1) is 0 Å². The highest BCUT2D eigenvalue weighted by molar-refractivity contribution is 5.93. The summed E-state index contributed by atoms with van der Waals surface area (Å²) in [6.07, 6.45) is 23.8. The van der Waals surface area contributed by atoms with Gasteiger partial charge in [0.2, 0.25) is 5.91 Å². The molecule has 0 saturated heterocycles. The van der Waals surface area contributed by atoms with Crippen LogP contribution in [0.2, 0.25) is 0 Å². The average Bonchev–Trinajstić information content (AvgIpc) is 3.15. The molecule has 2 N–H and O–H groups in total. The zero-order chi connectivity index (χ0) is 22.6. The molecule has 0 unspecified atom stereocenters. The number of carbonyl (C=O) groups is 2. The molecule has 0 bridgehead atoms. The Morgan fingerprint density at radius 3 is 2.47 bits per heavy atom. The van der Waals surface area contributed by atoms with Crippen LogP contribution in [0.3, 0.4) is 0 Å². The van der Waals surface area contributed by atoms with Crippen molar-refractivity contribution in [3.05, 3.63) is 22.8 Å². The molecule has 4 aliphatic carbocycles. The van der Waals surface area contributed by atoms with Crippen LogP contribution in [0.4, 0.5) is 0 Å². The third-order valence-electron chi connectivity index (χ3n) is 9.34. The lowest BCUT2D eigenvalue weighted by atomic mass is 9.54.